The third-order valence-corrected chi connectivity index (χ3v) is 5.24. The molecule has 2 atom stereocenters. The fourth-order valence-corrected chi connectivity index (χ4v) is 3.80. The lowest BCUT2D eigenvalue weighted by Gasteiger charge is -2.41. The Balaban J connectivity index is 1.57. The Kier molecular flexibility index (Phi) is 4.33. The van der Waals surface area contributed by atoms with Crippen LogP contribution >= 0.6 is 0 Å². The van der Waals surface area contributed by atoms with Crippen LogP contribution in [-0.2, 0) is 11.8 Å². The summed E-state index contributed by atoms with van der Waals surface area (Å²) in [5.74, 6) is 2.12. The van der Waals surface area contributed by atoms with Gasteiger partial charge >= 0.3 is 0 Å². The molecule has 2 aromatic rings. The summed E-state index contributed by atoms with van der Waals surface area (Å²) < 4.78 is 2.01. The summed E-state index contributed by atoms with van der Waals surface area (Å²) >= 11 is 0. The molecule has 1 N–H and O–H groups in total. The lowest BCUT2D eigenvalue weighted by Crippen LogP contribution is -2.46. The van der Waals surface area contributed by atoms with Crippen molar-refractivity contribution in [3.63, 3.8) is 0 Å². The van der Waals surface area contributed by atoms with E-state index in [9.17, 15) is 4.79 Å². The second kappa shape index (κ2) is 6.79. The van der Waals surface area contributed by atoms with Gasteiger partial charge in [-0.15, -0.1) is 0 Å². The lowest BCUT2D eigenvalue weighted by molar-refractivity contribution is -0.140. The number of carbonyl (C=O) groups excluding carboxylic acids is 1. The standard InChI is InChI=1S/C19H22N6O/c1-24-10-9-21-19(24)18-13(5-8-17(26)25(18)15-6-7-15)12-22-16-4-2-3-14(11-20)23-16/h2-4,9-10,13,15,18H,5-8,12H2,1H3,(H,22,23)/t13-,18+/m1/s1. The summed E-state index contributed by atoms with van der Waals surface area (Å²) in [5, 5.41) is 12.4. The van der Waals surface area contributed by atoms with Crippen LogP contribution in [0.25, 0.3) is 0 Å². The largest absolute Gasteiger partial charge is 0.370 e. The molecule has 0 radical (unpaired) electrons. The molecule has 2 aliphatic rings. The molecule has 134 valence electrons. The van der Waals surface area contributed by atoms with Crippen LogP contribution in [0.3, 0.4) is 0 Å². The van der Waals surface area contributed by atoms with Crippen molar-refractivity contribution >= 4 is 11.7 Å². The average Bonchev–Trinajstić information content (AvgIpc) is 3.41. The van der Waals surface area contributed by atoms with E-state index in [1.807, 2.05) is 29.9 Å². The molecule has 1 amide bonds. The molecule has 1 aliphatic heterocycles. The highest BCUT2D eigenvalue weighted by Crippen LogP contribution is 2.42. The van der Waals surface area contributed by atoms with Crippen molar-refractivity contribution in [2.24, 2.45) is 13.0 Å². The summed E-state index contributed by atoms with van der Waals surface area (Å²) in [7, 11) is 1.98. The third-order valence-electron chi connectivity index (χ3n) is 5.24. The zero-order valence-corrected chi connectivity index (χ0v) is 14.8. The van der Waals surface area contributed by atoms with E-state index in [-0.39, 0.29) is 17.9 Å². The number of rotatable bonds is 5. The first-order valence-corrected chi connectivity index (χ1v) is 9.07. The number of imidazole rings is 1. The molecule has 3 heterocycles. The second-order valence-corrected chi connectivity index (χ2v) is 7.07. The average molecular weight is 350 g/mol. The molecule has 7 heteroatoms. The second-order valence-electron chi connectivity index (χ2n) is 7.07. The maximum atomic E-state index is 12.6. The van der Waals surface area contributed by atoms with Gasteiger partial charge in [0.1, 0.15) is 23.4 Å². The molecular formula is C19H22N6O. The number of aromatic nitrogens is 3. The van der Waals surface area contributed by atoms with Crippen LogP contribution in [0.4, 0.5) is 5.82 Å². The van der Waals surface area contributed by atoms with Gasteiger partial charge in [-0.3, -0.25) is 4.79 Å². The Morgan fingerprint density at radius 3 is 2.88 bits per heavy atom. The predicted octanol–water partition coefficient (Wildman–Crippen LogP) is 2.24. The molecule has 1 saturated heterocycles. The Labute approximate surface area is 152 Å². The molecule has 2 fully saturated rings. The minimum atomic E-state index is -0.0181. The van der Waals surface area contributed by atoms with Crippen molar-refractivity contribution in [3.05, 3.63) is 42.1 Å². The van der Waals surface area contributed by atoms with Gasteiger partial charge in [-0.1, -0.05) is 6.07 Å². The van der Waals surface area contributed by atoms with Gasteiger partial charge < -0.3 is 14.8 Å². The van der Waals surface area contributed by atoms with Crippen LogP contribution in [0.2, 0.25) is 0 Å². The molecule has 1 saturated carbocycles. The number of hydrogen-bond donors (Lipinski definition) is 1. The van der Waals surface area contributed by atoms with Crippen molar-refractivity contribution in [2.45, 2.75) is 37.8 Å². The Morgan fingerprint density at radius 1 is 1.35 bits per heavy atom. The highest BCUT2D eigenvalue weighted by atomic mass is 16.2. The summed E-state index contributed by atoms with van der Waals surface area (Å²) in [6.07, 6.45) is 7.29. The number of piperidine rings is 1. The third kappa shape index (κ3) is 3.15. The molecule has 0 bridgehead atoms. The number of carbonyl (C=O) groups is 1. The summed E-state index contributed by atoms with van der Waals surface area (Å²) in [4.78, 5) is 23.5. The van der Waals surface area contributed by atoms with Crippen molar-refractivity contribution in [1.82, 2.24) is 19.4 Å². The van der Waals surface area contributed by atoms with Gasteiger partial charge in [-0.2, -0.15) is 5.26 Å². The van der Waals surface area contributed by atoms with E-state index in [1.54, 1.807) is 12.3 Å². The van der Waals surface area contributed by atoms with Crippen LogP contribution in [0.15, 0.2) is 30.6 Å². The topological polar surface area (TPSA) is 86.8 Å². The van der Waals surface area contributed by atoms with E-state index in [4.69, 9.17) is 5.26 Å². The van der Waals surface area contributed by atoms with Gasteiger partial charge in [-0.05, 0) is 31.4 Å². The van der Waals surface area contributed by atoms with Crippen molar-refractivity contribution in [3.8, 4) is 6.07 Å². The maximum Gasteiger partial charge on any atom is 0.223 e. The van der Waals surface area contributed by atoms with Crippen LogP contribution in [-0.4, -0.2) is 37.9 Å². The number of hydrogen-bond acceptors (Lipinski definition) is 5. The zero-order valence-electron chi connectivity index (χ0n) is 14.8. The maximum absolute atomic E-state index is 12.6. The number of likely N-dealkylation sites (tertiary alicyclic amines) is 1. The highest BCUT2D eigenvalue weighted by Gasteiger charge is 2.45. The highest BCUT2D eigenvalue weighted by molar-refractivity contribution is 5.78. The Bertz CT molecular complexity index is 850. The van der Waals surface area contributed by atoms with Gasteiger partial charge in [0.2, 0.25) is 5.91 Å². The summed E-state index contributed by atoms with van der Waals surface area (Å²) in [6, 6.07) is 7.78. The number of amides is 1. The number of anilines is 1. The Hall–Kier alpha value is -2.88. The normalized spacial score (nSPS) is 22.9. The van der Waals surface area contributed by atoms with Crippen LogP contribution in [0.1, 0.15) is 43.2 Å². The molecule has 1 aliphatic carbocycles. The number of nitriles is 1. The SMILES string of the molecule is Cn1ccnc1[C@@H]1[C@@H](CNc2cccc(C#N)n2)CCC(=O)N1C1CC1. The van der Waals surface area contributed by atoms with E-state index in [0.717, 1.165) is 25.1 Å². The van der Waals surface area contributed by atoms with Crippen molar-refractivity contribution < 1.29 is 4.79 Å². The minimum absolute atomic E-state index is 0.0181. The van der Waals surface area contributed by atoms with Gasteiger partial charge in [0.05, 0.1) is 6.04 Å². The molecule has 26 heavy (non-hydrogen) atoms. The van der Waals surface area contributed by atoms with Gasteiger partial charge in [-0.25, -0.2) is 9.97 Å². The quantitative estimate of drug-likeness (QED) is 0.894. The number of nitrogens with one attached hydrogen (secondary N) is 1. The van der Waals surface area contributed by atoms with Crippen molar-refractivity contribution in [2.75, 3.05) is 11.9 Å². The smallest absolute Gasteiger partial charge is 0.223 e. The number of pyridine rings is 1. The molecule has 0 spiro atoms. The van der Waals surface area contributed by atoms with E-state index in [0.29, 0.717) is 30.5 Å². The molecule has 7 nitrogen and oxygen atoms in total. The van der Waals surface area contributed by atoms with E-state index < -0.39 is 0 Å². The monoisotopic (exact) mass is 350 g/mol. The number of aryl methyl sites for hydroxylation is 1. The van der Waals surface area contributed by atoms with Gasteiger partial charge in [0, 0.05) is 44.4 Å². The fraction of sp³-hybridized carbons (Fsp3) is 0.474. The van der Waals surface area contributed by atoms with E-state index >= 15 is 0 Å². The first-order chi connectivity index (χ1) is 12.7. The predicted molar refractivity (Wildman–Crippen MR) is 96.0 cm³/mol. The summed E-state index contributed by atoms with van der Waals surface area (Å²) in [5.41, 5.74) is 0.397. The molecular weight excluding hydrogens is 328 g/mol. The first-order valence-electron chi connectivity index (χ1n) is 9.07. The lowest BCUT2D eigenvalue weighted by atomic mass is 9.87. The molecule has 0 aromatic carbocycles. The fourth-order valence-electron chi connectivity index (χ4n) is 3.80. The van der Waals surface area contributed by atoms with Gasteiger partial charge in [0.15, 0.2) is 0 Å². The number of nitrogens with zero attached hydrogens (tertiary/aromatic N) is 5. The van der Waals surface area contributed by atoms with Crippen LogP contribution < -0.4 is 5.32 Å². The first kappa shape index (κ1) is 16.6. The minimum Gasteiger partial charge on any atom is -0.370 e. The Morgan fingerprint density at radius 2 is 2.19 bits per heavy atom. The van der Waals surface area contributed by atoms with Crippen LogP contribution in [0, 0.1) is 17.2 Å². The molecule has 0 unspecified atom stereocenters. The summed E-state index contributed by atoms with van der Waals surface area (Å²) in [6.45, 7) is 0.690. The molecule has 2 aromatic heterocycles. The van der Waals surface area contributed by atoms with Crippen LogP contribution in [0.5, 0.6) is 0 Å². The van der Waals surface area contributed by atoms with Crippen molar-refractivity contribution in [1.29, 1.82) is 5.26 Å². The van der Waals surface area contributed by atoms with E-state index in [1.165, 1.54) is 0 Å². The zero-order chi connectivity index (χ0) is 18.1. The van der Waals surface area contributed by atoms with Gasteiger partial charge in [0.25, 0.3) is 0 Å². The van der Waals surface area contributed by atoms with E-state index in [2.05, 4.69) is 26.3 Å². The molecule has 4 rings (SSSR count).